The van der Waals surface area contributed by atoms with Gasteiger partial charge in [-0.25, -0.2) is 15.0 Å². The number of ether oxygens (including phenoxy) is 2. The van der Waals surface area contributed by atoms with Gasteiger partial charge < -0.3 is 15.2 Å². The average molecular weight is 378 g/mol. The summed E-state index contributed by atoms with van der Waals surface area (Å²) in [5.74, 6) is 0. The number of hydrogen-bond acceptors (Lipinski definition) is 6. The summed E-state index contributed by atoms with van der Waals surface area (Å²) in [4.78, 5) is 13.1. The zero-order chi connectivity index (χ0) is 19.6. The highest BCUT2D eigenvalue weighted by atomic mass is 16.5. The van der Waals surface area contributed by atoms with Gasteiger partial charge >= 0.3 is 0 Å². The highest BCUT2D eigenvalue weighted by molar-refractivity contribution is 5.74. The predicted octanol–water partition coefficient (Wildman–Crippen LogP) is 3.37. The van der Waals surface area contributed by atoms with Crippen molar-refractivity contribution >= 4 is 6.02 Å². The van der Waals surface area contributed by atoms with Crippen molar-refractivity contribution < 1.29 is 9.47 Å². The highest BCUT2D eigenvalue weighted by Gasteiger charge is 2.47. The van der Waals surface area contributed by atoms with E-state index in [1.54, 1.807) is 0 Å². The molecule has 6 heteroatoms. The van der Waals surface area contributed by atoms with Crippen molar-refractivity contribution in [3.63, 3.8) is 0 Å². The normalized spacial score (nSPS) is 23.7. The van der Waals surface area contributed by atoms with Gasteiger partial charge in [0.1, 0.15) is 11.9 Å². The lowest BCUT2D eigenvalue weighted by Gasteiger charge is -2.46. The standard InChI is InChI=1S/C22H26N4O2/c1-3-4-16-5-6-17(18-12-24-15-25-13-18)11-19(16)21(2)14-22(28-20(23)26-21)7-9-27-10-8-22/h3,5-6,11-13,15H,1,4,7-10,14H2,2H3,(H2,23,26). The molecule has 1 fully saturated rings. The van der Waals surface area contributed by atoms with Crippen LogP contribution in [0.5, 0.6) is 0 Å². The van der Waals surface area contributed by atoms with Gasteiger partial charge in [-0.1, -0.05) is 18.2 Å². The van der Waals surface area contributed by atoms with Crippen LogP contribution in [-0.4, -0.2) is 34.8 Å². The molecule has 0 aliphatic carbocycles. The van der Waals surface area contributed by atoms with Crippen LogP contribution in [0.4, 0.5) is 0 Å². The zero-order valence-electron chi connectivity index (χ0n) is 16.2. The van der Waals surface area contributed by atoms with Gasteiger partial charge in [0, 0.05) is 37.2 Å². The SMILES string of the molecule is C=CCc1ccc(-c2cncnc2)cc1C1(C)CC2(CCOCC2)OC(N)=N1. The Labute approximate surface area is 165 Å². The third kappa shape index (κ3) is 3.52. The van der Waals surface area contributed by atoms with Crippen LogP contribution in [0.3, 0.4) is 0 Å². The number of benzene rings is 1. The Balaban J connectivity index is 1.81. The van der Waals surface area contributed by atoms with Crippen LogP contribution in [0.15, 0.2) is 54.6 Å². The van der Waals surface area contributed by atoms with E-state index in [0.29, 0.717) is 13.2 Å². The Kier molecular flexibility index (Phi) is 4.89. The molecule has 0 bridgehead atoms. The summed E-state index contributed by atoms with van der Waals surface area (Å²) in [5.41, 5.74) is 9.74. The van der Waals surface area contributed by atoms with Gasteiger partial charge in [-0.3, -0.25) is 0 Å². The minimum absolute atomic E-state index is 0.258. The Hall–Kier alpha value is -2.73. The molecule has 2 aliphatic heterocycles. The van der Waals surface area contributed by atoms with Gasteiger partial charge in [-0.05, 0) is 36.1 Å². The van der Waals surface area contributed by atoms with Crippen LogP contribution in [0, 0.1) is 0 Å². The summed E-state index contributed by atoms with van der Waals surface area (Å²) in [6, 6.07) is 6.68. The fourth-order valence-electron chi connectivity index (χ4n) is 4.41. The predicted molar refractivity (Wildman–Crippen MR) is 109 cm³/mol. The van der Waals surface area contributed by atoms with E-state index in [-0.39, 0.29) is 11.6 Å². The molecule has 1 spiro atoms. The number of nitrogens with zero attached hydrogens (tertiary/aromatic N) is 3. The molecular formula is C22H26N4O2. The van der Waals surface area contributed by atoms with Gasteiger partial charge in [0.25, 0.3) is 6.02 Å². The lowest BCUT2D eigenvalue weighted by atomic mass is 9.74. The van der Waals surface area contributed by atoms with Crippen LogP contribution in [0.25, 0.3) is 11.1 Å². The quantitative estimate of drug-likeness (QED) is 0.825. The number of nitrogens with two attached hydrogens (primary N) is 1. The second-order valence-corrected chi connectivity index (χ2v) is 7.79. The van der Waals surface area contributed by atoms with E-state index >= 15 is 0 Å². The van der Waals surface area contributed by atoms with E-state index in [1.807, 2.05) is 18.5 Å². The van der Waals surface area contributed by atoms with E-state index < -0.39 is 5.54 Å². The minimum Gasteiger partial charge on any atom is -0.459 e. The molecule has 0 amide bonds. The fraction of sp³-hybridized carbons (Fsp3) is 0.409. The van der Waals surface area contributed by atoms with Crippen LogP contribution in [0.2, 0.25) is 0 Å². The number of aromatic nitrogens is 2. The van der Waals surface area contributed by atoms with Gasteiger partial charge in [0.05, 0.1) is 18.8 Å². The summed E-state index contributed by atoms with van der Waals surface area (Å²) in [6.45, 7) is 7.44. The third-order valence-corrected chi connectivity index (χ3v) is 5.70. The van der Waals surface area contributed by atoms with Gasteiger partial charge in [-0.2, -0.15) is 0 Å². The van der Waals surface area contributed by atoms with Crippen molar-refractivity contribution in [2.24, 2.45) is 10.7 Å². The van der Waals surface area contributed by atoms with Crippen molar-refractivity contribution in [3.8, 4) is 11.1 Å². The molecule has 6 nitrogen and oxygen atoms in total. The highest BCUT2D eigenvalue weighted by Crippen LogP contribution is 2.45. The molecule has 4 rings (SSSR count). The molecule has 1 atom stereocenters. The van der Waals surface area contributed by atoms with Crippen molar-refractivity contribution in [2.75, 3.05) is 13.2 Å². The van der Waals surface area contributed by atoms with Crippen molar-refractivity contribution in [1.29, 1.82) is 0 Å². The first-order valence-electron chi connectivity index (χ1n) is 9.65. The van der Waals surface area contributed by atoms with Crippen molar-refractivity contribution in [1.82, 2.24) is 9.97 Å². The minimum atomic E-state index is -0.482. The van der Waals surface area contributed by atoms with Crippen LogP contribution in [-0.2, 0) is 21.4 Å². The van der Waals surface area contributed by atoms with E-state index in [2.05, 4.69) is 41.7 Å². The summed E-state index contributed by atoms with van der Waals surface area (Å²) in [7, 11) is 0. The average Bonchev–Trinajstić information content (AvgIpc) is 2.69. The van der Waals surface area contributed by atoms with Gasteiger partial charge in [-0.15, -0.1) is 6.58 Å². The molecule has 2 aromatic rings. The molecule has 1 aromatic carbocycles. The van der Waals surface area contributed by atoms with E-state index in [1.165, 1.54) is 11.9 Å². The summed E-state index contributed by atoms with van der Waals surface area (Å²) in [6.07, 6.45) is 10.3. The molecule has 0 saturated carbocycles. The molecule has 2 N–H and O–H groups in total. The molecule has 1 aromatic heterocycles. The monoisotopic (exact) mass is 378 g/mol. The number of aliphatic imine (C=N–C) groups is 1. The smallest absolute Gasteiger partial charge is 0.283 e. The number of allylic oxidation sites excluding steroid dienone is 1. The first-order chi connectivity index (χ1) is 13.5. The van der Waals surface area contributed by atoms with E-state index in [4.69, 9.17) is 20.2 Å². The maximum Gasteiger partial charge on any atom is 0.283 e. The second kappa shape index (κ2) is 7.36. The molecular weight excluding hydrogens is 352 g/mol. The summed E-state index contributed by atoms with van der Waals surface area (Å²) >= 11 is 0. The Morgan fingerprint density at radius 1 is 1.18 bits per heavy atom. The number of hydrogen-bond donors (Lipinski definition) is 1. The molecule has 28 heavy (non-hydrogen) atoms. The van der Waals surface area contributed by atoms with Gasteiger partial charge in [0.15, 0.2) is 0 Å². The molecule has 1 saturated heterocycles. The number of rotatable bonds is 4. The fourth-order valence-corrected chi connectivity index (χ4v) is 4.41. The summed E-state index contributed by atoms with van der Waals surface area (Å²) in [5, 5.41) is 0. The molecule has 2 aliphatic rings. The van der Waals surface area contributed by atoms with Crippen molar-refractivity contribution in [3.05, 3.63) is 60.7 Å². The molecule has 0 radical (unpaired) electrons. The second-order valence-electron chi connectivity index (χ2n) is 7.79. The Bertz CT molecular complexity index is 891. The first-order valence-corrected chi connectivity index (χ1v) is 9.65. The summed E-state index contributed by atoms with van der Waals surface area (Å²) < 4.78 is 11.6. The van der Waals surface area contributed by atoms with E-state index in [0.717, 1.165) is 42.4 Å². The first kappa shape index (κ1) is 18.6. The lowest BCUT2D eigenvalue weighted by Crippen LogP contribution is -2.51. The van der Waals surface area contributed by atoms with Crippen molar-refractivity contribution in [2.45, 2.75) is 43.7 Å². The number of amidine groups is 1. The Morgan fingerprint density at radius 2 is 1.93 bits per heavy atom. The van der Waals surface area contributed by atoms with Crippen LogP contribution in [0.1, 0.15) is 37.3 Å². The largest absolute Gasteiger partial charge is 0.459 e. The topological polar surface area (TPSA) is 82.6 Å². The molecule has 3 heterocycles. The van der Waals surface area contributed by atoms with Crippen LogP contribution < -0.4 is 5.73 Å². The third-order valence-electron chi connectivity index (χ3n) is 5.70. The van der Waals surface area contributed by atoms with Crippen LogP contribution >= 0.6 is 0 Å². The molecule has 1 unspecified atom stereocenters. The lowest BCUT2D eigenvalue weighted by molar-refractivity contribution is -0.0794. The maximum atomic E-state index is 6.17. The molecule has 146 valence electrons. The van der Waals surface area contributed by atoms with E-state index in [9.17, 15) is 0 Å². The Morgan fingerprint density at radius 3 is 2.64 bits per heavy atom. The zero-order valence-corrected chi connectivity index (χ0v) is 16.2. The van der Waals surface area contributed by atoms with Gasteiger partial charge in [0.2, 0.25) is 0 Å². The maximum absolute atomic E-state index is 6.17.